The van der Waals surface area contributed by atoms with Gasteiger partial charge in [0.25, 0.3) is 0 Å². The number of benzene rings is 1. The number of hydrogen-bond donors (Lipinski definition) is 0. The molecule has 0 spiro atoms. The molecule has 0 saturated carbocycles. The van der Waals surface area contributed by atoms with E-state index in [1.807, 2.05) is 24.3 Å². The number of aryl methyl sites for hydroxylation is 1. The van der Waals surface area contributed by atoms with E-state index in [4.69, 9.17) is 0 Å². The van der Waals surface area contributed by atoms with Crippen molar-refractivity contribution in [3.8, 4) is 0 Å². The largest absolute Gasteiger partial charge is 0.303 e. The third kappa shape index (κ3) is 2.80. The van der Waals surface area contributed by atoms with Crippen LogP contribution < -0.4 is 0 Å². The molecule has 1 aromatic rings. The van der Waals surface area contributed by atoms with E-state index in [1.165, 1.54) is 0 Å². The average molecular weight is 190 g/mol. The standard InChI is InChI=1S/C12H14O2/c1-10(14)12-8-3-2-6-11(12)7-4-5-9-13/h2-3,6,8-9H,4-5,7H2,1H3. The van der Waals surface area contributed by atoms with Gasteiger partial charge in [0, 0.05) is 12.0 Å². The Kier molecular flexibility index (Phi) is 4.05. The summed E-state index contributed by atoms with van der Waals surface area (Å²) in [6, 6.07) is 7.56. The molecule has 0 heterocycles. The molecule has 1 rings (SSSR count). The third-order valence-electron chi connectivity index (χ3n) is 2.16. The quantitative estimate of drug-likeness (QED) is 0.406. The summed E-state index contributed by atoms with van der Waals surface area (Å²) in [4.78, 5) is 21.4. The minimum Gasteiger partial charge on any atom is -0.303 e. The van der Waals surface area contributed by atoms with Gasteiger partial charge in [-0.25, -0.2) is 0 Å². The highest BCUT2D eigenvalue weighted by atomic mass is 16.1. The molecule has 0 aliphatic carbocycles. The fourth-order valence-corrected chi connectivity index (χ4v) is 1.46. The van der Waals surface area contributed by atoms with Crippen molar-refractivity contribution in [2.45, 2.75) is 26.2 Å². The van der Waals surface area contributed by atoms with Crippen LogP contribution in [0.3, 0.4) is 0 Å². The van der Waals surface area contributed by atoms with Crippen molar-refractivity contribution in [1.82, 2.24) is 0 Å². The van der Waals surface area contributed by atoms with Crippen LogP contribution in [-0.4, -0.2) is 12.1 Å². The Balaban J connectivity index is 2.74. The molecule has 0 bridgehead atoms. The van der Waals surface area contributed by atoms with Crippen LogP contribution in [0.4, 0.5) is 0 Å². The number of aldehydes is 1. The molecule has 0 aliphatic heterocycles. The summed E-state index contributed by atoms with van der Waals surface area (Å²) in [6.07, 6.45) is 3.09. The lowest BCUT2D eigenvalue weighted by atomic mass is 10.00. The van der Waals surface area contributed by atoms with Crippen LogP contribution in [0, 0.1) is 0 Å². The first-order valence-corrected chi connectivity index (χ1v) is 4.78. The first-order chi connectivity index (χ1) is 6.75. The predicted octanol–water partition coefficient (Wildman–Crippen LogP) is 2.41. The number of rotatable bonds is 5. The van der Waals surface area contributed by atoms with E-state index in [-0.39, 0.29) is 5.78 Å². The molecule has 0 unspecified atom stereocenters. The summed E-state index contributed by atoms with van der Waals surface area (Å²) in [5, 5.41) is 0. The van der Waals surface area contributed by atoms with E-state index in [0.717, 1.165) is 30.3 Å². The molecule has 2 nitrogen and oxygen atoms in total. The van der Waals surface area contributed by atoms with Crippen LogP contribution in [0.1, 0.15) is 35.7 Å². The van der Waals surface area contributed by atoms with Crippen LogP contribution in [0.15, 0.2) is 24.3 Å². The molecule has 0 radical (unpaired) electrons. The number of unbranched alkanes of at least 4 members (excludes halogenated alkanes) is 1. The van der Waals surface area contributed by atoms with Crippen LogP contribution in [0.5, 0.6) is 0 Å². The topological polar surface area (TPSA) is 34.1 Å². The zero-order valence-electron chi connectivity index (χ0n) is 8.32. The van der Waals surface area contributed by atoms with Gasteiger partial charge in [-0.3, -0.25) is 4.79 Å². The summed E-state index contributed by atoms with van der Waals surface area (Å²) in [5.41, 5.74) is 1.82. The van der Waals surface area contributed by atoms with E-state index in [1.54, 1.807) is 6.92 Å². The first-order valence-electron chi connectivity index (χ1n) is 4.78. The Morgan fingerprint density at radius 3 is 2.71 bits per heavy atom. The number of ketones is 1. The van der Waals surface area contributed by atoms with E-state index >= 15 is 0 Å². The monoisotopic (exact) mass is 190 g/mol. The molecule has 0 saturated heterocycles. The predicted molar refractivity (Wildman–Crippen MR) is 55.4 cm³/mol. The normalized spacial score (nSPS) is 9.79. The van der Waals surface area contributed by atoms with E-state index in [2.05, 4.69) is 0 Å². The summed E-state index contributed by atoms with van der Waals surface area (Å²) >= 11 is 0. The maximum absolute atomic E-state index is 11.2. The molecule has 0 fully saturated rings. The van der Waals surface area contributed by atoms with Crippen molar-refractivity contribution in [2.24, 2.45) is 0 Å². The van der Waals surface area contributed by atoms with Crippen molar-refractivity contribution in [2.75, 3.05) is 0 Å². The van der Waals surface area contributed by atoms with Gasteiger partial charge in [-0.2, -0.15) is 0 Å². The molecular formula is C12H14O2. The van der Waals surface area contributed by atoms with Crippen LogP contribution in [0.25, 0.3) is 0 Å². The maximum atomic E-state index is 11.2. The number of carbonyl (C=O) groups excluding carboxylic acids is 2. The summed E-state index contributed by atoms with van der Waals surface area (Å²) in [6.45, 7) is 1.57. The van der Waals surface area contributed by atoms with Crippen molar-refractivity contribution in [3.05, 3.63) is 35.4 Å². The van der Waals surface area contributed by atoms with Gasteiger partial charge < -0.3 is 4.79 Å². The second-order valence-corrected chi connectivity index (χ2v) is 3.27. The Bertz CT molecular complexity index is 329. The zero-order chi connectivity index (χ0) is 10.4. The first kappa shape index (κ1) is 10.6. The van der Waals surface area contributed by atoms with Gasteiger partial charge >= 0.3 is 0 Å². The molecule has 0 aromatic heterocycles. The summed E-state index contributed by atoms with van der Waals surface area (Å²) < 4.78 is 0. The van der Waals surface area contributed by atoms with Gasteiger partial charge in [-0.05, 0) is 25.3 Å². The molecule has 0 amide bonds. The minimum atomic E-state index is 0.0895. The van der Waals surface area contributed by atoms with Gasteiger partial charge in [-0.1, -0.05) is 24.3 Å². The fourth-order valence-electron chi connectivity index (χ4n) is 1.46. The Labute approximate surface area is 83.9 Å². The lowest BCUT2D eigenvalue weighted by molar-refractivity contribution is -0.107. The Hall–Kier alpha value is -1.44. The minimum absolute atomic E-state index is 0.0895. The highest BCUT2D eigenvalue weighted by Crippen LogP contribution is 2.12. The Morgan fingerprint density at radius 1 is 1.36 bits per heavy atom. The lowest BCUT2D eigenvalue weighted by Crippen LogP contribution is -1.99. The smallest absolute Gasteiger partial charge is 0.160 e. The molecule has 1 aromatic carbocycles. The van der Waals surface area contributed by atoms with Gasteiger partial charge in [0.15, 0.2) is 5.78 Å². The number of carbonyl (C=O) groups is 2. The van der Waals surface area contributed by atoms with Crippen LogP contribution in [0.2, 0.25) is 0 Å². The SMILES string of the molecule is CC(=O)c1ccccc1CCCC=O. The third-order valence-corrected chi connectivity index (χ3v) is 2.16. The molecule has 0 atom stereocenters. The van der Waals surface area contributed by atoms with E-state index < -0.39 is 0 Å². The van der Waals surface area contributed by atoms with E-state index in [0.29, 0.717) is 6.42 Å². The van der Waals surface area contributed by atoms with Gasteiger partial charge in [-0.15, -0.1) is 0 Å². The molecule has 74 valence electrons. The van der Waals surface area contributed by atoms with Gasteiger partial charge in [0.1, 0.15) is 6.29 Å². The zero-order valence-corrected chi connectivity index (χ0v) is 8.32. The molecule has 2 heteroatoms. The highest BCUT2D eigenvalue weighted by Gasteiger charge is 2.04. The molecular weight excluding hydrogens is 176 g/mol. The molecule has 0 aliphatic rings. The van der Waals surface area contributed by atoms with E-state index in [9.17, 15) is 9.59 Å². The van der Waals surface area contributed by atoms with Crippen molar-refractivity contribution >= 4 is 12.1 Å². The fraction of sp³-hybridized carbons (Fsp3) is 0.333. The summed E-state index contributed by atoms with van der Waals surface area (Å²) in [5.74, 6) is 0.0895. The van der Waals surface area contributed by atoms with Crippen molar-refractivity contribution in [3.63, 3.8) is 0 Å². The second-order valence-electron chi connectivity index (χ2n) is 3.27. The molecule has 0 N–H and O–H groups in total. The lowest BCUT2D eigenvalue weighted by Gasteiger charge is -2.04. The highest BCUT2D eigenvalue weighted by molar-refractivity contribution is 5.95. The second kappa shape index (κ2) is 5.32. The number of Topliss-reactive ketones (excluding diaryl/α,β-unsaturated/α-hetero) is 1. The van der Waals surface area contributed by atoms with Crippen LogP contribution in [-0.2, 0) is 11.2 Å². The number of hydrogen-bond acceptors (Lipinski definition) is 2. The van der Waals surface area contributed by atoms with Crippen molar-refractivity contribution in [1.29, 1.82) is 0 Å². The van der Waals surface area contributed by atoms with Crippen molar-refractivity contribution < 1.29 is 9.59 Å². The van der Waals surface area contributed by atoms with Gasteiger partial charge in [0.05, 0.1) is 0 Å². The molecule has 14 heavy (non-hydrogen) atoms. The van der Waals surface area contributed by atoms with Crippen LogP contribution >= 0.6 is 0 Å². The van der Waals surface area contributed by atoms with Gasteiger partial charge in [0.2, 0.25) is 0 Å². The maximum Gasteiger partial charge on any atom is 0.160 e. The Morgan fingerprint density at radius 2 is 2.07 bits per heavy atom. The average Bonchev–Trinajstić information content (AvgIpc) is 2.19. The summed E-state index contributed by atoms with van der Waals surface area (Å²) in [7, 11) is 0.